The van der Waals surface area contributed by atoms with Gasteiger partial charge in [0.1, 0.15) is 0 Å². The zero-order chi connectivity index (χ0) is 38.1. The maximum Gasteiger partial charge on any atom is 0.0782 e. The van der Waals surface area contributed by atoms with Gasteiger partial charge in [0.2, 0.25) is 0 Å². The van der Waals surface area contributed by atoms with Crippen molar-refractivity contribution < 1.29 is 0 Å². The molecule has 0 saturated heterocycles. The number of aromatic nitrogens is 1. The summed E-state index contributed by atoms with van der Waals surface area (Å²) in [6.45, 7) is 4.73. The highest BCUT2D eigenvalue weighted by atomic mass is 15.2. The molecular formula is C55H40N2. The topological polar surface area (TPSA) is 8.17 Å². The van der Waals surface area contributed by atoms with Crippen molar-refractivity contribution in [3.05, 3.63) is 217 Å². The van der Waals surface area contributed by atoms with E-state index in [0.29, 0.717) is 0 Å². The van der Waals surface area contributed by atoms with Crippen molar-refractivity contribution in [1.82, 2.24) is 4.57 Å². The molecule has 0 atom stereocenters. The summed E-state index contributed by atoms with van der Waals surface area (Å²) in [6, 6.07) is 75.7. The van der Waals surface area contributed by atoms with Gasteiger partial charge in [-0.15, -0.1) is 0 Å². The van der Waals surface area contributed by atoms with Crippen LogP contribution in [0.25, 0.3) is 71.6 Å². The molecule has 0 unspecified atom stereocenters. The van der Waals surface area contributed by atoms with Crippen LogP contribution in [0, 0.1) is 0 Å². The van der Waals surface area contributed by atoms with E-state index in [1.54, 1.807) is 0 Å². The number of hydrogen-bond donors (Lipinski definition) is 0. The third kappa shape index (κ3) is 5.04. The van der Waals surface area contributed by atoms with E-state index < -0.39 is 0 Å². The molecule has 57 heavy (non-hydrogen) atoms. The molecule has 0 saturated carbocycles. The molecule has 1 aliphatic carbocycles. The van der Waals surface area contributed by atoms with Crippen LogP contribution in [-0.4, -0.2) is 4.57 Å². The summed E-state index contributed by atoms with van der Waals surface area (Å²) >= 11 is 0. The standard InChI is InChI=1S/C55H40N2/c1-55(2)47-31-12-8-27-46(47)53-44(29-17-32-48(53)55)42-25-10-15-35-51(42)57(50-34-14-9-24-41(50)40-28-16-20-37-19-6-7-23-39(37)40)52-36-18-30-45-43-26-11-13-33-49(43)56(54(45)52)38-21-4-3-5-22-38/h3-36H,1-2H3. The number of nitrogens with zero attached hydrogens (tertiary/aromatic N) is 2. The Bertz CT molecular complexity index is 3160. The molecule has 11 rings (SSSR count). The molecule has 0 bridgehead atoms. The highest BCUT2D eigenvalue weighted by molar-refractivity contribution is 6.15. The van der Waals surface area contributed by atoms with Gasteiger partial charge in [-0.3, -0.25) is 0 Å². The molecule has 1 aromatic heterocycles. The van der Waals surface area contributed by atoms with Gasteiger partial charge in [0.05, 0.1) is 28.1 Å². The normalized spacial score (nSPS) is 12.9. The van der Waals surface area contributed by atoms with Crippen molar-refractivity contribution in [1.29, 1.82) is 0 Å². The monoisotopic (exact) mass is 728 g/mol. The number of anilines is 3. The first-order valence-electron chi connectivity index (χ1n) is 19.9. The predicted octanol–water partition coefficient (Wildman–Crippen LogP) is 15.0. The third-order valence-electron chi connectivity index (χ3n) is 12.2. The van der Waals surface area contributed by atoms with Crippen LogP contribution >= 0.6 is 0 Å². The fourth-order valence-electron chi connectivity index (χ4n) is 9.65. The second kappa shape index (κ2) is 13.0. The van der Waals surface area contributed by atoms with E-state index in [4.69, 9.17) is 0 Å². The second-order valence-electron chi connectivity index (χ2n) is 15.7. The molecule has 1 aliphatic rings. The number of para-hydroxylation sites is 5. The van der Waals surface area contributed by atoms with Crippen molar-refractivity contribution >= 4 is 49.6 Å². The highest BCUT2D eigenvalue weighted by Crippen LogP contribution is 2.55. The Labute approximate surface area is 333 Å². The number of hydrogen-bond acceptors (Lipinski definition) is 1. The fourth-order valence-corrected chi connectivity index (χ4v) is 9.65. The minimum Gasteiger partial charge on any atom is -0.307 e. The Balaban J connectivity index is 1.27. The largest absolute Gasteiger partial charge is 0.307 e. The van der Waals surface area contributed by atoms with Gasteiger partial charge < -0.3 is 9.47 Å². The van der Waals surface area contributed by atoms with Crippen molar-refractivity contribution in [3.63, 3.8) is 0 Å². The van der Waals surface area contributed by atoms with Crippen molar-refractivity contribution in [2.75, 3.05) is 4.90 Å². The summed E-state index contributed by atoms with van der Waals surface area (Å²) in [5.41, 5.74) is 16.9. The number of benzene rings is 9. The van der Waals surface area contributed by atoms with E-state index in [-0.39, 0.29) is 5.41 Å². The summed E-state index contributed by atoms with van der Waals surface area (Å²) in [5.74, 6) is 0. The van der Waals surface area contributed by atoms with Crippen molar-refractivity contribution in [2.24, 2.45) is 0 Å². The Morgan fingerprint density at radius 2 is 0.877 bits per heavy atom. The molecule has 2 nitrogen and oxygen atoms in total. The van der Waals surface area contributed by atoms with Gasteiger partial charge in [0.15, 0.2) is 0 Å². The van der Waals surface area contributed by atoms with Crippen LogP contribution in [0.5, 0.6) is 0 Å². The summed E-state index contributed by atoms with van der Waals surface area (Å²) < 4.78 is 2.45. The minimum atomic E-state index is -0.111. The maximum atomic E-state index is 2.54. The molecule has 10 aromatic rings. The lowest BCUT2D eigenvalue weighted by Crippen LogP contribution is -2.15. The first-order chi connectivity index (χ1) is 28.1. The predicted molar refractivity (Wildman–Crippen MR) is 241 cm³/mol. The van der Waals surface area contributed by atoms with Gasteiger partial charge in [-0.2, -0.15) is 0 Å². The van der Waals surface area contributed by atoms with Crippen LogP contribution in [-0.2, 0) is 5.41 Å². The summed E-state index contributed by atoms with van der Waals surface area (Å²) in [4.78, 5) is 2.54. The van der Waals surface area contributed by atoms with Crippen LogP contribution in [0.15, 0.2) is 206 Å². The second-order valence-corrected chi connectivity index (χ2v) is 15.7. The van der Waals surface area contributed by atoms with Gasteiger partial charge >= 0.3 is 0 Å². The molecule has 0 fully saturated rings. The molecule has 0 radical (unpaired) electrons. The molecule has 2 heteroatoms. The molecule has 0 N–H and O–H groups in total. The van der Waals surface area contributed by atoms with E-state index in [2.05, 4.69) is 230 Å². The molecule has 0 spiro atoms. The SMILES string of the molecule is CC1(C)c2ccccc2-c2c(-c3ccccc3N(c3ccccc3-c3cccc4ccccc34)c3cccc4c5ccccc5n(-c5ccccc5)c34)cccc21. The van der Waals surface area contributed by atoms with Crippen molar-refractivity contribution in [3.8, 4) is 39.1 Å². The fraction of sp³-hybridized carbons (Fsp3) is 0.0545. The van der Waals surface area contributed by atoms with Gasteiger partial charge in [-0.1, -0.05) is 184 Å². The van der Waals surface area contributed by atoms with Gasteiger partial charge in [0, 0.05) is 33.0 Å². The lowest BCUT2D eigenvalue weighted by molar-refractivity contribution is 0.660. The van der Waals surface area contributed by atoms with Gasteiger partial charge in [0.25, 0.3) is 0 Å². The van der Waals surface area contributed by atoms with E-state index in [1.807, 2.05) is 0 Å². The summed E-state index contributed by atoms with van der Waals surface area (Å²) in [6.07, 6.45) is 0. The van der Waals surface area contributed by atoms with Crippen molar-refractivity contribution in [2.45, 2.75) is 19.3 Å². The Hall–Kier alpha value is -7.16. The molecule has 0 amide bonds. The average molecular weight is 729 g/mol. The third-order valence-corrected chi connectivity index (χ3v) is 12.2. The van der Waals surface area contributed by atoms with Crippen LogP contribution in [0.4, 0.5) is 17.1 Å². The molecule has 0 aliphatic heterocycles. The number of rotatable bonds is 6. The van der Waals surface area contributed by atoms with E-state index in [9.17, 15) is 0 Å². The Morgan fingerprint density at radius 3 is 1.68 bits per heavy atom. The lowest BCUT2D eigenvalue weighted by atomic mass is 9.82. The van der Waals surface area contributed by atoms with E-state index in [0.717, 1.165) is 28.3 Å². The summed E-state index contributed by atoms with van der Waals surface area (Å²) in [5, 5.41) is 4.91. The average Bonchev–Trinajstić information content (AvgIpc) is 3.73. The zero-order valence-corrected chi connectivity index (χ0v) is 32.0. The Kier molecular flexibility index (Phi) is 7.55. The lowest BCUT2D eigenvalue weighted by Gasteiger charge is -2.31. The molecular weight excluding hydrogens is 689 g/mol. The molecule has 9 aromatic carbocycles. The highest BCUT2D eigenvalue weighted by Gasteiger charge is 2.37. The maximum absolute atomic E-state index is 2.54. The van der Waals surface area contributed by atoms with Gasteiger partial charge in [-0.25, -0.2) is 0 Å². The summed E-state index contributed by atoms with van der Waals surface area (Å²) in [7, 11) is 0. The van der Waals surface area contributed by atoms with Crippen LogP contribution < -0.4 is 4.90 Å². The first kappa shape index (κ1) is 33.2. The molecule has 1 heterocycles. The minimum absolute atomic E-state index is 0.111. The quantitative estimate of drug-likeness (QED) is 0.165. The van der Waals surface area contributed by atoms with Crippen LogP contribution in [0.2, 0.25) is 0 Å². The van der Waals surface area contributed by atoms with E-state index >= 15 is 0 Å². The van der Waals surface area contributed by atoms with Crippen LogP contribution in [0.1, 0.15) is 25.0 Å². The zero-order valence-electron chi connectivity index (χ0n) is 32.0. The smallest absolute Gasteiger partial charge is 0.0782 e. The first-order valence-corrected chi connectivity index (χ1v) is 19.9. The Morgan fingerprint density at radius 1 is 0.368 bits per heavy atom. The van der Waals surface area contributed by atoms with Crippen LogP contribution in [0.3, 0.4) is 0 Å². The van der Waals surface area contributed by atoms with Gasteiger partial charge in [-0.05, 0) is 80.6 Å². The number of fused-ring (bicyclic) bond motifs is 7. The van der Waals surface area contributed by atoms with E-state index in [1.165, 1.54) is 71.6 Å². The molecule has 270 valence electrons.